The Morgan fingerprint density at radius 2 is 0.636 bits per heavy atom. The van der Waals surface area contributed by atoms with Crippen LogP contribution in [0.15, 0.2) is 195 Å². The van der Waals surface area contributed by atoms with Crippen molar-refractivity contribution >= 4 is 41.8 Å². The maximum Gasteiger partial charge on any atom is 0.338 e. The minimum absolute atomic E-state index is 0.0455. The number of hydrogen-bond donors (Lipinski definition) is 0. The van der Waals surface area contributed by atoms with E-state index in [2.05, 4.69) is 6.58 Å². The van der Waals surface area contributed by atoms with Crippen molar-refractivity contribution in [2.75, 3.05) is 19.8 Å². The maximum atomic E-state index is 14.2. The Kier molecular flexibility index (Phi) is 18.8. The number of rotatable bonds is 20. The molecule has 2 saturated heterocycles. The van der Waals surface area contributed by atoms with E-state index in [0.29, 0.717) is 0 Å². The third kappa shape index (κ3) is 14.3. The molecule has 77 heavy (non-hydrogen) atoms. The topological polar surface area (TPSA) is 221 Å². The van der Waals surface area contributed by atoms with E-state index in [1.165, 1.54) is 78.9 Å². The number of carbonyl (C=O) groups is 7. The van der Waals surface area contributed by atoms with Crippen molar-refractivity contribution in [1.29, 1.82) is 0 Å². The summed E-state index contributed by atoms with van der Waals surface area (Å²) in [5, 5.41) is 0. The first-order chi connectivity index (χ1) is 37.5. The molecule has 6 aromatic rings. The normalized spacial score (nSPS) is 22.7. The summed E-state index contributed by atoms with van der Waals surface area (Å²) in [5.74, 6) is -6.32. The van der Waals surface area contributed by atoms with E-state index >= 15 is 0 Å². The van der Waals surface area contributed by atoms with Gasteiger partial charge in [-0.25, -0.2) is 28.8 Å². The zero-order valence-electron chi connectivity index (χ0n) is 41.3. The predicted molar refractivity (Wildman–Crippen MR) is 270 cm³/mol. The van der Waals surface area contributed by atoms with Gasteiger partial charge in [0.25, 0.3) is 0 Å². The fraction of sp³-hybridized carbons (Fsp3) is 0.237. The van der Waals surface area contributed by atoms with Crippen LogP contribution in [0.4, 0.5) is 0 Å². The zero-order valence-corrected chi connectivity index (χ0v) is 41.3. The molecule has 8 rings (SSSR count). The van der Waals surface area contributed by atoms with Gasteiger partial charge in [-0.3, -0.25) is 4.79 Å². The quantitative estimate of drug-likeness (QED) is 0.0409. The minimum Gasteiger partial charge on any atom is -0.463 e. The van der Waals surface area contributed by atoms with Crippen LogP contribution in [0.1, 0.15) is 69.1 Å². The standard InChI is InChI=1S/C59H52O18/c1-3-34-67-58-50(76-56(65)42-30-18-8-19-31-42)48(74-54(63)40-26-14-6-15-27-40)47(73-53(62)39-24-12-5-13-25-39)45(70-58)36-69-59-51(77-57(66)43-32-20-9-21-33-43)49(75-55(64)41-28-16-7-17-29-41)46(44(71-59)35-68-37(2)60)72-52(61)38-22-10-4-11-23-38/h3-33,44-51,58-59H,1,34-36H2,2H3/t44-,45-,46-,47-,48+,49+,50+,51+,58+,59+/m1/s1. The van der Waals surface area contributed by atoms with Gasteiger partial charge in [-0.05, 0) is 72.8 Å². The van der Waals surface area contributed by atoms with E-state index in [-0.39, 0.29) is 40.0 Å². The molecule has 0 aromatic heterocycles. The van der Waals surface area contributed by atoms with E-state index in [1.54, 1.807) is 109 Å². The van der Waals surface area contributed by atoms with E-state index in [0.717, 1.165) is 6.92 Å². The Hall–Kier alpha value is -8.81. The first-order valence-corrected chi connectivity index (χ1v) is 24.3. The highest BCUT2D eigenvalue weighted by Crippen LogP contribution is 2.35. The molecule has 0 spiro atoms. The molecule has 2 aliphatic heterocycles. The molecule has 2 fully saturated rings. The SMILES string of the molecule is C=CCO[C@H]1O[C@H](CO[C@H]2O[C@H](COC(C)=O)[C@@H](OC(=O)c3ccccc3)[C@H](OC(=O)c3ccccc3)[C@@H]2OC(=O)c2ccccc2)[C@@H](OC(=O)c2ccccc2)[C@H](OC(=O)c2ccccc2)[C@@H]1OC(=O)c1ccccc1. The summed E-state index contributed by atoms with van der Waals surface area (Å²) in [4.78, 5) is 97.1. The van der Waals surface area contributed by atoms with Crippen LogP contribution < -0.4 is 0 Å². The highest BCUT2D eigenvalue weighted by atomic mass is 16.8. The Balaban J connectivity index is 1.22. The van der Waals surface area contributed by atoms with Crippen LogP contribution in [0.25, 0.3) is 0 Å². The fourth-order valence-corrected chi connectivity index (χ4v) is 8.24. The first-order valence-electron chi connectivity index (χ1n) is 24.3. The molecule has 396 valence electrons. The van der Waals surface area contributed by atoms with Gasteiger partial charge in [0.05, 0.1) is 46.6 Å². The lowest BCUT2D eigenvalue weighted by Gasteiger charge is -2.46. The highest BCUT2D eigenvalue weighted by Gasteiger charge is 2.56. The van der Waals surface area contributed by atoms with Crippen LogP contribution in [-0.4, -0.2) is 123 Å². The lowest BCUT2D eigenvalue weighted by Crippen LogP contribution is -2.65. The minimum atomic E-state index is -1.84. The first kappa shape index (κ1) is 54.5. The van der Waals surface area contributed by atoms with Crippen LogP contribution in [0.3, 0.4) is 0 Å². The van der Waals surface area contributed by atoms with Crippen LogP contribution in [0, 0.1) is 0 Å². The summed E-state index contributed by atoms with van der Waals surface area (Å²) in [7, 11) is 0. The molecule has 18 nitrogen and oxygen atoms in total. The van der Waals surface area contributed by atoms with Crippen LogP contribution in [0.2, 0.25) is 0 Å². The summed E-state index contributed by atoms with van der Waals surface area (Å²) in [5.41, 5.74) is 0.431. The van der Waals surface area contributed by atoms with Gasteiger partial charge in [-0.15, -0.1) is 6.58 Å². The Labute approximate surface area is 442 Å². The van der Waals surface area contributed by atoms with Gasteiger partial charge < -0.3 is 52.1 Å². The van der Waals surface area contributed by atoms with Crippen molar-refractivity contribution < 1.29 is 85.7 Å². The number of carbonyl (C=O) groups excluding carboxylic acids is 7. The monoisotopic (exact) mass is 1050 g/mol. The smallest absolute Gasteiger partial charge is 0.338 e. The van der Waals surface area contributed by atoms with Gasteiger partial charge in [0, 0.05) is 6.92 Å². The predicted octanol–water partition coefficient (Wildman–Crippen LogP) is 7.57. The third-order valence-corrected chi connectivity index (χ3v) is 12.0. The summed E-state index contributed by atoms with van der Waals surface area (Å²) in [6.45, 7) is 3.32. The number of esters is 7. The molecule has 18 heteroatoms. The van der Waals surface area contributed by atoms with Gasteiger partial charge in [0.1, 0.15) is 18.8 Å². The van der Waals surface area contributed by atoms with E-state index in [1.807, 2.05) is 0 Å². The van der Waals surface area contributed by atoms with Gasteiger partial charge in [0.15, 0.2) is 49.2 Å². The molecule has 0 saturated carbocycles. The Morgan fingerprint density at radius 3 is 0.922 bits per heavy atom. The molecule has 2 aliphatic rings. The largest absolute Gasteiger partial charge is 0.463 e. The lowest BCUT2D eigenvalue weighted by atomic mass is 9.96. The van der Waals surface area contributed by atoms with E-state index in [4.69, 9.17) is 52.1 Å². The average Bonchev–Trinajstić information content (AvgIpc) is 3.50. The molecule has 0 unspecified atom stereocenters. The van der Waals surface area contributed by atoms with Gasteiger partial charge in [0.2, 0.25) is 0 Å². The van der Waals surface area contributed by atoms with E-state index < -0.39 is 116 Å². The van der Waals surface area contributed by atoms with Crippen LogP contribution in [0.5, 0.6) is 0 Å². The van der Waals surface area contributed by atoms with Crippen molar-refractivity contribution in [3.05, 3.63) is 228 Å². The molecule has 0 aliphatic carbocycles. The van der Waals surface area contributed by atoms with Gasteiger partial charge in [-0.1, -0.05) is 115 Å². The van der Waals surface area contributed by atoms with Crippen molar-refractivity contribution in [3.63, 3.8) is 0 Å². The third-order valence-electron chi connectivity index (χ3n) is 12.0. The molecule has 0 radical (unpaired) electrons. The zero-order chi connectivity index (χ0) is 54.1. The van der Waals surface area contributed by atoms with E-state index in [9.17, 15) is 33.6 Å². The molecule has 2 heterocycles. The number of ether oxygens (including phenoxy) is 11. The van der Waals surface area contributed by atoms with Crippen molar-refractivity contribution in [3.8, 4) is 0 Å². The summed E-state index contributed by atoms with van der Waals surface area (Å²) >= 11 is 0. The van der Waals surface area contributed by atoms with Crippen LogP contribution >= 0.6 is 0 Å². The van der Waals surface area contributed by atoms with Gasteiger partial charge >= 0.3 is 41.8 Å². The second kappa shape index (κ2) is 26.6. The molecule has 0 bridgehead atoms. The lowest BCUT2D eigenvalue weighted by molar-refractivity contribution is -0.327. The molecule has 0 N–H and O–H groups in total. The number of benzene rings is 6. The summed E-state index contributed by atoms with van der Waals surface area (Å²) < 4.78 is 68.0. The number of hydrogen-bond acceptors (Lipinski definition) is 18. The Morgan fingerprint density at radius 1 is 0.377 bits per heavy atom. The highest BCUT2D eigenvalue weighted by molar-refractivity contribution is 5.93. The molecule has 10 atom stereocenters. The van der Waals surface area contributed by atoms with Gasteiger partial charge in [-0.2, -0.15) is 0 Å². The Bertz CT molecular complexity index is 2940. The van der Waals surface area contributed by atoms with Crippen LogP contribution in [-0.2, 0) is 56.9 Å². The molecular formula is C59H52O18. The molecular weight excluding hydrogens is 997 g/mol. The van der Waals surface area contributed by atoms with Crippen molar-refractivity contribution in [2.24, 2.45) is 0 Å². The summed E-state index contributed by atoms with van der Waals surface area (Å²) in [6.07, 6.45) is -15.5. The van der Waals surface area contributed by atoms with Crippen molar-refractivity contribution in [2.45, 2.75) is 68.3 Å². The second-order valence-electron chi connectivity index (χ2n) is 17.3. The fourth-order valence-electron chi connectivity index (χ4n) is 8.24. The van der Waals surface area contributed by atoms with Crippen molar-refractivity contribution in [1.82, 2.24) is 0 Å². The molecule has 6 aromatic carbocycles. The average molecular weight is 1050 g/mol. The molecule has 0 amide bonds. The maximum absolute atomic E-state index is 14.2. The second-order valence-corrected chi connectivity index (χ2v) is 17.3. The summed E-state index contributed by atoms with van der Waals surface area (Å²) in [6, 6.07) is 47.0.